The molecule has 11 heteroatoms. The second kappa shape index (κ2) is 9.53. The molecule has 1 aliphatic rings. The fourth-order valence-corrected chi connectivity index (χ4v) is 5.17. The monoisotopic (exact) mass is 449 g/mol. The molecular formula is C18H19N5O3S3. The van der Waals surface area contributed by atoms with Gasteiger partial charge in [-0.15, -0.1) is 21.5 Å². The normalized spacial score (nSPS) is 16.2. The van der Waals surface area contributed by atoms with Gasteiger partial charge < -0.3 is 14.5 Å². The van der Waals surface area contributed by atoms with E-state index in [-0.39, 0.29) is 17.7 Å². The van der Waals surface area contributed by atoms with Crippen molar-refractivity contribution in [1.29, 1.82) is 0 Å². The largest absolute Gasteiger partial charge is 0.467 e. The third-order valence-corrected chi connectivity index (χ3v) is 7.07. The minimum absolute atomic E-state index is 0.0907. The summed E-state index contributed by atoms with van der Waals surface area (Å²) < 4.78 is 11.3. The maximum Gasteiger partial charge on any atom is 0.253 e. The van der Waals surface area contributed by atoms with Gasteiger partial charge in [0.1, 0.15) is 11.8 Å². The van der Waals surface area contributed by atoms with Crippen molar-refractivity contribution in [1.82, 2.24) is 15.2 Å². The number of ether oxygens (including phenoxy) is 1. The van der Waals surface area contributed by atoms with E-state index in [2.05, 4.69) is 20.6 Å². The second-order valence-electron chi connectivity index (χ2n) is 6.08. The fourth-order valence-electron chi connectivity index (χ4n) is 2.82. The standard InChI is InChI=1S/C18H19N5O3S3/c1-25-8-6-19-17-20-21-18(29-17)28-11-16(24)23-13(14-4-2-7-26-14)10-12(22-23)15-5-3-9-27-15/h2-5,7,9,13H,6,8,10-11H2,1H3,(H,19,20)/t13-/m1/s1. The van der Waals surface area contributed by atoms with Crippen molar-refractivity contribution in [3.63, 3.8) is 0 Å². The highest BCUT2D eigenvalue weighted by atomic mass is 32.2. The van der Waals surface area contributed by atoms with E-state index in [1.807, 2.05) is 29.6 Å². The van der Waals surface area contributed by atoms with Crippen LogP contribution in [-0.2, 0) is 9.53 Å². The molecule has 4 rings (SSSR count). The molecule has 0 saturated heterocycles. The van der Waals surface area contributed by atoms with Crippen molar-refractivity contribution in [3.8, 4) is 0 Å². The molecule has 0 aliphatic carbocycles. The molecule has 0 fully saturated rings. The summed E-state index contributed by atoms with van der Waals surface area (Å²) in [6.45, 7) is 1.25. The zero-order valence-corrected chi connectivity index (χ0v) is 18.1. The van der Waals surface area contributed by atoms with Crippen LogP contribution in [0.5, 0.6) is 0 Å². The molecule has 1 N–H and O–H groups in total. The van der Waals surface area contributed by atoms with Crippen LogP contribution in [0.2, 0.25) is 0 Å². The van der Waals surface area contributed by atoms with Gasteiger partial charge in [-0.1, -0.05) is 29.2 Å². The Bertz CT molecular complexity index is 955. The summed E-state index contributed by atoms with van der Waals surface area (Å²) in [5.41, 5.74) is 0.903. The lowest BCUT2D eigenvalue weighted by atomic mass is 10.1. The predicted octanol–water partition coefficient (Wildman–Crippen LogP) is 3.72. The molecule has 0 spiro atoms. The van der Waals surface area contributed by atoms with Crippen molar-refractivity contribution in [2.75, 3.05) is 31.3 Å². The van der Waals surface area contributed by atoms with Crippen molar-refractivity contribution in [3.05, 3.63) is 46.5 Å². The van der Waals surface area contributed by atoms with E-state index in [0.29, 0.717) is 24.7 Å². The van der Waals surface area contributed by atoms with Crippen LogP contribution in [0.15, 0.2) is 49.8 Å². The molecule has 29 heavy (non-hydrogen) atoms. The molecule has 3 aromatic rings. The van der Waals surface area contributed by atoms with Gasteiger partial charge in [-0.3, -0.25) is 4.79 Å². The number of amides is 1. The summed E-state index contributed by atoms with van der Waals surface area (Å²) >= 11 is 4.39. The number of hydrogen-bond acceptors (Lipinski definition) is 10. The number of anilines is 1. The topological polar surface area (TPSA) is 92.8 Å². The molecule has 0 aromatic carbocycles. The van der Waals surface area contributed by atoms with Gasteiger partial charge in [0.15, 0.2) is 4.34 Å². The average Bonchev–Trinajstić information content (AvgIpc) is 3.52. The zero-order valence-electron chi connectivity index (χ0n) is 15.6. The first-order chi connectivity index (χ1) is 14.2. The summed E-state index contributed by atoms with van der Waals surface area (Å²) in [5, 5.41) is 20.2. The first-order valence-electron chi connectivity index (χ1n) is 8.90. The quantitative estimate of drug-likeness (QED) is 0.393. The summed E-state index contributed by atoms with van der Waals surface area (Å²) in [5.74, 6) is 0.872. The minimum atomic E-state index is -0.226. The summed E-state index contributed by atoms with van der Waals surface area (Å²) in [6.07, 6.45) is 2.26. The van der Waals surface area contributed by atoms with E-state index in [1.54, 1.807) is 29.7 Å². The smallest absolute Gasteiger partial charge is 0.253 e. The number of hydrogen-bond donors (Lipinski definition) is 1. The molecule has 4 heterocycles. The molecule has 1 amide bonds. The number of thiophene rings is 1. The third-order valence-electron chi connectivity index (χ3n) is 4.15. The highest BCUT2D eigenvalue weighted by Gasteiger charge is 2.35. The van der Waals surface area contributed by atoms with Crippen LogP contribution in [0, 0.1) is 0 Å². The molecule has 152 valence electrons. The molecule has 0 bridgehead atoms. The second-order valence-corrected chi connectivity index (χ2v) is 9.23. The summed E-state index contributed by atoms with van der Waals surface area (Å²) in [6, 6.07) is 7.49. The van der Waals surface area contributed by atoms with E-state index in [9.17, 15) is 4.79 Å². The molecular weight excluding hydrogens is 430 g/mol. The Kier molecular flexibility index (Phi) is 6.60. The Balaban J connectivity index is 1.41. The Morgan fingerprint density at radius 3 is 3.10 bits per heavy atom. The Hall–Kier alpha value is -2.21. The number of nitrogens with one attached hydrogen (secondary N) is 1. The van der Waals surface area contributed by atoms with Crippen molar-refractivity contribution >= 4 is 51.2 Å². The van der Waals surface area contributed by atoms with Crippen LogP contribution in [0.4, 0.5) is 5.13 Å². The minimum Gasteiger partial charge on any atom is -0.467 e. The third kappa shape index (κ3) is 4.86. The number of aromatic nitrogens is 2. The first-order valence-corrected chi connectivity index (χ1v) is 11.6. The van der Waals surface area contributed by atoms with Gasteiger partial charge in [0.05, 0.1) is 29.2 Å². The van der Waals surface area contributed by atoms with Crippen LogP contribution < -0.4 is 5.32 Å². The van der Waals surface area contributed by atoms with E-state index < -0.39 is 0 Å². The SMILES string of the molecule is COCCNc1nnc(SCC(=O)N2N=C(c3cccs3)C[C@@H]2c2ccco2)s1. The first kappa shape index (κ1) is 20.1. The van der Waals surface area contributed by atoms with Gasteiger partial charge in [-0.2, -0.15) is 5.10 Å². The van der Waals surface area contributed by atoms with E-state index in [4.69, 9.17) is 9.15 Å². The molecule has 0 radical (unpaired) electrons. The highest BCUT2D eigenvalue weighted by Crippen LogP contribution is 2.35. The van der Waals surface area contributed by atoms with Crippen LogP contribution in [0.3, 0.4) is 0 Å². The Morgan fingerprint density at radius 2 is 2.34 bits per heavy atom. The predicted molar refractivity (Wildman–Crippen MR) is 115 cm³/mol. The van der Waals surface area contributed by atoms with Crippen LogP contribution in [-0.4, -0.2) is 52.8 Å². The molecule has 1 atom stereocenters. The number of nitrogens with zero attached hydrogens (tertiary/aromatic N) is 4. The number of rotatable bonds is 9. The maximum atomic E-state index is 12.9. The zero-order chi connectivity index (χ0) is 20.1. The van der Waals surface area contributed by atoms with Crippen molar-refractivity contribution in [2.24, 2.45) is 5.10 Å². The summed E-state index contributed by atoms with van der Waals surface area (Å²) in [4.78, 5) is 14.0. The summed E-state index contributed by atoms with van der Waals surface area (Å²) in [7, 11) is 1.65. The Morgan fingerprint density at radius 1 is 1.41 bits per heavy atom. The van der Waals surface area contributed by atoms with Gasteiger partial charge >= 0.3 is 0 Å². The number of thioether (sulfide) groups is 1. The van der Waals surface area contributed by atoms with Gasteiger partial charge in [0.2, 0.25) is 5.13 Å². The van der Waals surface area contributed by atoms with E-state index in [1.165, 1.54) is 23.1 Å². The highest BCUT2D eigenvalue weighted by molar-refractivity contribution is 8.01. The molecule has 0 saturated carbocycles. The number of carbonyl (C=O) groups excluding carboxylic acids is 1. The number of hydrazone groups is 1. The van der Waals surface area contributed by atoms with Crippen LogP contribution in [0.1, 0.15) is 23.1 Å². The van der Waals surface area contributed by atoms with Gasteiger partial charge in [0, 0.05) is 20.1 Å². The van der Waals surface area contributed by atoms with Gasteiger partial charge in [-0.05, 0) is 23.6 Å². The van der Waals surface area contributed by atoms with E-state index in [0.717, 1.165) is 20.7 Å². The molecule has 8 nitrogen and oxygen atoms in total. The maximum absolute atomic E-state index is 12.9. The molecule has 3 aromatic heterocycles. The number of methoxy groups -OCH3 is 1. The molecule has 0 unspecified atom stereocenters. The lowest BCUT2D eigenvalue weighted by Crippen LogP contribution is -2.28. The van der Waals surface area contributed by atoms with Crippen LogP contribution >= 0.6 is 34.4 Å². The van der Waals surface area contributed by atoms with E-state index >= 15 is 0 Å². The fraction of sp³-hybridized carbons (Fsp3) is 0.333. The lowest BCUT2D eigenvalue weighted by Gasteiger charge is -2.19. The number of furan rings is 1. The Labute approximate surface area is 180 Å². The molecule has 1 aliphatic heterocycles. The van der Waals surface area contributed by atoms with Crippen molar-refractivity contribution < 1.29 is 13.9 Å². The number of carbonyl (C=O) groups is 1. The van der Waals surface area contributed by atoms with Crippen LogP contribution in [0.25, 0.3) is 0 Å². The van der Waals surface area contributed by atoms with Gasteiger partial charge in [-0.25, -0.2) is 5.01 Å². The average molecular weight is 450 g/mol. The van der Waals surface area contributed by atoms with Gasteiger partial charge in [0.25, 0.3) is 5.91 Å². The lowest BCUT2D eigenvalue weighted by molar-refractivity contribution is -0.130. The van der Waals surface area contributed by atoms with Crippen molar-refractivity contribution in [2.45, 2.75) is 16.8 Å².